The fraction of sp³-hybridized carbons (Fsp3) is 0.400. The van der Waals surface area contributed by atoms with Gasteiger partial charge in [0.05, 0.1) is 6.20 Å². The molecule has 0 spiro atoms. The van der Waals surface area contributed by atoms with Crippen molar-refractivity contribution in [1.82, 2.24) is 34.5 Å². The van der Waals surface area contributed by atoms with E-state index in [4.69, 9.17) is 4.52 Å². The molecule has 0 radical (unpaired) electrons. The SMILES string of the molecule is Cc1ccnc(N2CC3C(C2)C3c2noc(Cn3cnn4ncc(C)c4c3=O)n2)c1. The molecule has 152 valence electrons. The molecule has 30 heavy (non-hydrogen) atoms. The molecular formula is C20H20N8O2. The van der Waals surface area contributed by atoms with Crippen LogP contribution in [-0.4, -0.2) is 47.6 Å². The zero-order chi connectivity index (χ0) is 20.4. The molecule has 4 aromatic rings. The van der Waals surface area contributed by atoms with Crippen molar-refractivity contribution in [2.24, 2.45) is 11.8 Å². The number of nitrogens with zero attached hydrogens (tertiary/aromatic N) is 8. The van der Waals surface area contributed by atoms with Crippen molar-refractivity contribution < 1.29 is 4.52 Å². The minimum absolute atomic E-state index is 0.177. The van der Waals surface area contributed by atoms with E-state index in [2.05, 4.69) is 43.2 Å². The second-order valence-corrected chi connectivity index (χ2v) is 8.23. The van der Waals surface area contributed by atoms with Crippen LogP contribution in [0.3, 0.4) is 0 Å². The van der Waals surface area contributed by atoms with Crippen LogP contribution < -0.4 is 10.5 Å². The molecule has 0 amide bonds. The maximum Gasteiger partial charge on any atom is 0.280 e. The van der Waals surface area contributed by atoms with Crippen LogP contribution in [0.1, 0.15) is 28.8 Å². The van der Waals surface area contributed by atoms with Gasteiger partial charge in [-0.2, -0.15) is 10.1 Å². The van der Waals surface area contributed by atoms with Gasteiger partial charge >= 0.3 is 0 Å². The summed E-state index contributed by atoms with van der Waals surface area (Å²) in [4.78, 5) is 24.1. The number of aryl methyl sites for hydroxylation is 2. The number of aromatic nitrogens is 7. The lowest BCUT2D eigenvalue weighted by molar-refractivity contribution is 0.363. The fourth-order valence-electron chi connectivity index (χ4n) is 4.57. The molecule has 10 nitrogen and oxygen atoms in total. The summed E-state index contributed by atoms with van der Waals surface area (Å²) in [7, 11) is 0. The Labute approximate surface area is 171 Å². The summed E-state index contributed by atoms with van der Waals surface area (Å²) >= 11 is 0. The van der Waals surface area contributed by atoms with Crippen LogP contribution >= 0.6 is 0 Å². The lowest BCUT2D eigenvalue weighted by atomic mass is 10.2. The number of hydrogen-bond donors (Lipinski definition) is 0. The third-order valence-electron chi connectivity index (χ3n) is 6.20. The standard InChI is InChI=1S/C20H20N8O2/c1-11-3-4-21-15(5-11)26-7-13-14(8-26)17(13)19-24-16(30-25-19)9-27-10-23-28-18(20(27)29)12(2)6-22-28/h3-6,10,13-14,17H,7-9H2,1-2H3. The lowest BCUT2D eigenvalue weighted by Gasteiger charge is -2.20. The predicted molar refractivity (Wildman–Crippen MR) is 106 cm³/mol. The maximum absolute atomic E-state index is 12.7. The second-order valence-electron chi connectivity index (χ2n) is 8.23. The molecule has 0 N–H and O–H groups in total. The highest BCUT2D eigenvalue weighted by Gasteiger charge is 2.58. The quantitative estimate of drug-likeness (QED) is 0.499. The summed E-state index contributed by atoms with van der Waals surface area (Å²) in [5.74, 6) is 3.54. The highest BCUT2D eigenvalue weighted by molar-refractivity contribution is 5.49. The van der Waals surface area contributed by atoms with Crippen molar-refractivity contribution in [3.05, 3.63) is 64.0 Å². The van der Waals surface area contributed by atoms with E-state index in [-0.39, 0.29) is 12.1 Å². The summed E-state index contributed by atoms with van der Waals surface area (Å²) in [5.41, 5.74) is 2.28. The number of pyridine rings is 1. The number of anilines is 1. The van der Waals surface area contributed by atoms with Crippen LogP contribution in [0.4, 0.5) is 5.82 Å². The van der Waals surface area contributed by atoms with Crippen LogP contribution in [0.25, 0.3) is 5.52 Å². The van der Waals surface area contributed by atoms with Gasteiger partial charge in [-0.15, -0.1) is 9.73 Å². The van der Waals surface area contributed by atoms with Crippen LogP contribution in [-0.2, 0) is 6.54 Å². The van der Waals surface area contributed by atoms with Gasteiger partial charge in [-0.25, -0.2) is 4.98 Å². The highest BCUT2D eigenvalue weighted by Crippen LogP contribution is 2.57. The van der Waals surface area contributed by atoms with Crippen molar-refractivity contribution in [1.29, 1.82) is 0 Å². The molecule has 6 rings (SSSR count). The summed E-state index contributed by atoms with van der Waals surface area (Å²) < 4.78 is 8.26. The molecule has 10 heteroatoms. The van der Waals surface area contributed by atoms with Crippen LogP contribution in [0.2, 0.25) is 0 Å². The first-order valence-corrected chi connectivity index (χ1v) is 9.98. The normalized spacial score (nSPS) is 22.6. The van der Waals surface area contributed by atoms with Gasteiger partial charge in [-0.3, -0.25) is 9.36 Å². The zero-order valence-electron chi connectivity index (χ0n) is 16.6. The molecule has 2 unspecified atom stereocenters. The van der Waals surface area contributed by atoms with Crippen LogP contribution in [0.5, 0.6) is 0 Å². The van der Waals surface area contributed by atoms with E-state index in [1.807, 2.05) is 19.2 Å². The Hall–Kier alpha value is -3.56. The first-order valence-electron chi connectivity index (χ1n) is 9.98. The largest absolute Gasteiger partial charge is 0.356 e. The number of fused-ring (bicyclic) bond motifs is 2. The predicted octanol–water partition coefficient (Wildman–Crippen LogP) is 1.18. The van der Waals surface area contributed by atoms with E-state index in [9.17, 15) is 4.79 Å². The fourth-order valence-corrected chi connectivity index (χ4v) is 4.57. The smallest absolute Gasteiger partial charge is 0.280 e. The van der Waals surface area contributed by atoms with Gasteiger partial charge in [0, 0.05) is 30.8 Å². The molecule has 0 aromatic carbocycles. The summed E-state index contributed by atoms with van der Waals surface area (Å²) in [5, 5.41) is 12.4. The first kappa shape index (κ1) is 17.3. The van der Waals surface area contributed by atoms with E-state index in [0.717, 1.165) is 30.3 Å². The molecule has 1 saturated carbocycles. The molecule has 0 bridgehead atoms. The molecule has 1 aliphatic carbocycles. The van der Waals surface area contributed by atoms with Crippen molar-refractivity contribution in [3.8, 4) is 0 Å². The van der Waals surface area contributed by atoms with E-state index in [0.29, 0.717) is 29.2 Å². The Balaban J connectivity index is 1.17. The second kappa shape index (κ2) is 6.22. The van der Waals surface area contributed by atoms with Crippen molar-refractivity contribution in [3.63, 3.8) is 0 Å². The van der Waals surface area contributed by atoms with Crippen LogP contribution in [0.15, 0.2) is 40.2 Å². The van der Waals surface area contributed by atoms with Crippen molar-refractivity contribution >= 4 is 11.3 Å². The van der Waals surface area contributed by atoms with Gasteiger partial charge in [0.15, 0.2) is 11.3 Å². The lowest BCUT2D eigenvalue weighted by Crippen LogP contribution is -2.25. The average Bonchev–Trinajstić information content (AvgIpc) is 3.16. The zero-order valence-corrected chi connectivity index (χ0v) is 16.6. The van der Waals surface area contributed by atoms with Gasteiger partial charge in [-0.05, 0) is 43.4 Å². The van der Waals surface area contributed by atoms with Crippen molar-refractivity contribution in [2.75, 3.05) is 18.0 Å². The van der Waals surface area contributed by atoms with E-state index in [1.54, 1.807) is 6.20 Å². The highest BCUT2D eigenvalue weighted by atomic mass is 16.5. The number of hydrogen-bond acceptors (Lipinski definition) is 8. The molecule has 2 fully saturated rings. The van der Waals surface area contributed by atoms with Gasteiger partial charge in [0.2, 0.25) is 5.89 Å². The van der Waals surface area contributed by atoms with Gasteiger partial charge in [-0.1, -0.05) is 5.16 Å². The minimum atomic E-state index is -0.177. The molecule has 2 aliphatic rings. The summed E-state index contributed by atoms with van der Waals surface area (Å²) in [6.45, 7) is 6.02. The third kappa shape index (κ3) is 2.63. The Morgan fingerprint density at radius 2 is 2.03 bits per heavy atom. The Bertz CT molecular complexity index is 1310. The van der Waals surface area contributed by atoms with Gasteiger partial charge in [0.25, 0.3) is 5.56 Å². The van der Waals surface area contributed by atoms with Gasteiger partial charge in [0.1, 0.15) is 18.7 Å². The average molecular weight is 404 g/mol. The minimum Gasteiger partial charge on any atom is -0.356 e. The molecule has 5 heterocycles. The number of rotatable bonds is 4. The first-order chi connectivity index (χ1) is 14.6. The Morgan fingerprint density at radius 3 is 2.83 bits per heavy atom. The third-order valence-corrected chi connectivity index (χ3v) is 6.20. The monoisotopic (exact) mass is 404 g/mol. The summed E-state index contributed by atoms with van der Waals surface area (Å²) in [6.07, 6.45) is 4.93. The topological polar surface area (TPSA) is 107 Å². The molecule has 2 atom stereocenters. The summed E-state index contributed by atoms with van der Waals surface area (Å²) in [6, 6.07) is 4.13. The maximum atomic E-state index is 12.7. The van der Waals surface area contributed by atoms with Crippen LogP contribution in [0, 0.1) is 25.7 Å². The molecular weight excluding hydrogens is 384 g/mol. The van der Waals surface area contributed by atoms with Crippen molar-refractivity contribution in [2.45, 2.75) is 26.3 Å². The number of piperidine rings is 1. The van der Waals surface area contributed by atoms with E-state index >= 15 is 0 Å². The van der Waals surface area contributed by atoms with Gasteiger partial charge < -0.3 is 9.42 Å². The molecule has 4 aromatic heterocycles. The van der Waals surface area contributed by atoms with E-state index < -0.39 is 0 Å². The molecule has 1 saturated heterocycles. The Kier molecular flexibility index (Phi) is 3.59. The molecule has 1 aliphatic heterocycles. The Morgan fingerprint density at radius 1 is 1.20 bits per heavy atom. The van der Waals surface area contributed by atoms with E-state index in [1.165, 1.54) is 21.1 Å².